The number of aromatic nitrogens is 2. The second-order valence-corrected chi connectivity index (χ2v) is 5.87. The molecule has 0 unspecified atom stereocenters. The molecule has 3 rings (SSSR count). The van der Waals surface area contributed by atoms with Crippen LogP contribution in [0.2, 0.25) is 5.02 Å². The molecule has 1 amide bonds. The van der Waals surface area contributed by atoms with Crippen LogP contribution < -0.4 is 16.7 Å². The van der Waals surface area contributed by atoms with E-state index in [2.05, 4.69) is 10.5 Å². The van der Waals surface area contributed by atoms with Gasteiger partial charge in [0.05, 0.1) is 22.5 Å². The third-order valence-electron chi connectivity index (χ3n) is 3.69. The minimum absolute atomic E-state index is 0.149. The Morgan fingerprint density at radius 1 is 1.18 bits per heavy atom. The van der Waals surface area contributed by atoms with E-state index in [1.807, 2.05) is 4.98 Å². The van der Waals surface area contributed by atoms with E-state index in [0.717, 1.165) is 12.3 Å². The van der Waals surface area contributed by atoms with Crippen LogP contribution in [0.1, 0.15) is 15.9 Å². The molecule has 0 aliphatic heterocycles. The lowest BCUT2D eigenvalue weighted by atomic mass is 10.2. The lowest BCUT2D eigenvalue weighted by molar-refractivity contribution is 0.0955. The number of aromatic amines is 1. The number of hydrazone groups is 1. The monoisotopic (exact) mass is 402 g/mol. The Kier molecular flexibility index (Phi) is 5.37. The number of benzene rings is 2. The molecule has 3 aromatic rings. The minimum atomic E-state index is -1.04. The van der Waals surface area contributed by atoms with Crippen molar-refractivity contribution in [2.75, 3.05) is 0 Å². The number of nitrogens with one attached hydrogen (secondary N) is 2. The Balaban J connectivity index is 1.96. The summed E-state index contributed by atoms with van der Waals surface area (Å²) >= 11 is 5.91. The summed E-state index contributed by atoms with van der Waals surface area (Å²) in [5.74, 6) is -2.28. The molecule has 10 heteroatoms. The lowest BCUT2D eigenvalue weighted by Crippen LogP contribution is -2.32. The zero-order chi connectivity index (χ0) is 20.3. The van der Waals surface area contributed by atoms with E-state index < -0.39 is 34.4 Å². The van der Waals surface area contributed by atoms with E-state index in [4.69, 9.17) is 11.6 Å². The van der Waals surface area contributed by atoms with E-state index in [-0.39, 0.29) is 16.3 Å². The normalized spacial score (nSPS) is 10.9. The van der Waals surface area contributed by atoms with Crippen molar-refractivity contribution in [3.05, 3.63) is 91.3 Å². The molecule has 0 radical (unpaired) electrons. The number of amides is 1. The molecule has 0 aliphatic rings. The number of hydrogen-bond donors (Lipinski definition) is 3. The van der Waals surface area contributed by atoms with Gasteiger partial charge in [-0.1, -0.05) is 35.9 Å². The average molecular weight is 403 g/mol. The Labute approximate surface area is 161 Å². The number of hydrogen-bond acceptors (Lipinski definition) is 5. The van der Waals surface area contributed by atoms with Crippen molar-refractivity contribution in [2.24, 2.45) is 5.10 Å². The van der Waals surface area contributed by atoms with Crippen LogP contribution in [0.3, 0.4) is 0 Å². The summed E-state index contributed by atoms with van der Waals surface area (Å²) in [5, 5.41) is 14.1. The Morgan fingerprint density at radius 2 is 1.86 bits per heavy atom. The van der Waals surface area contributed by atoms with Gasteiger partial charge in [-0.05, 0) is 24.3 Å². The maximum atomic E-state index is 14.0. The van der Waals surface area contributed by atoms with Gasteiger partial charge in [0.2, 0.25) is 5.88 Å². The highest BCUT2D eigenvalue weighted by Crippen LogP contribution is 2.18. The second-order valence-electron chi connectivity index (χ2n) is 5.46. The van der Waals surface area contributed by atoms with Gasteiger partial charge in [0.15, 0.2) is 0 Å². The predicted molar refractivity (Wildman–Crippen MR) is 101 cm³/mol. The second kappa shape index (κ2) is 7.89. The molecular weight excluding hydrogens is 391 g/mol. The van der Waals surface area contributed by atoms with E-state index in [1.54, 1.807) is 12.1 Å². The van der Waals surface area contributed by atoms with E-state index in [9.17, 15) is 23.9 Å². The molecule has 0 saturated carbocycles. The SMILES string of the molecule is O=C(N/N=C/c1c(O)n(-c2ccccc2F)c(=O)[nH]c1=O)c1ccccc1Cl. The summed E-state index contributed by atoms with van der Waals surface area (Å²) in [7, 11) is 0. The molecule has 3 N–H and O–H groups in total. The first kappa shape index (κ1) is 19.1. The van der Waals surface area contributed by atoms with Crippen molar-refractivity contribution in [2.45, 2.75) is 0 Å². The number of halogens is 2. The molecule has 28 heavy (non-hydrogen) atoms. The van der Waals surface area contributed by atoms with Gasteiger partial charge in [-0.25, -0.2) is 19.2 Å². The highest BCUT2D eigenvalue weighted by molar-refractivity contribution is 6.33. The molecule has 0 atom stereocenters. The van der Waals surface area contributed by atoms with Crippen LogP contribution in [0.15, 0.2) is 63.2 Å². The van der Waals surface area contributed by atoms with Crippen LogP contribution in [0, 0.1) is 5.82 Å². The third-order valence-corrected chi connectivity index (χ3v) is 4.02. The largest absolute Gasteiger partial charge is 0.493 e. The summed E-state index contributed by atoms with van der Waals surface area (Å²) in [6, 6.07) is 11.4. The van der Waals surface area contributed by atoms with Crippen molar-refractivity contribution in [1.29, 1.82) is 0 Å². The first-order valence-electron chi connectivity index (χ1n) is 7.81. The van der Waals surface area contributed by atoms with Crippen molar-refractivity contribution >= 4 is 23.7 Å². The summed E-state index contributed by atoms with van der Waals surface area (Å²) in [6.07, 6.45) is 0.833. The Bertz CT molecular complexity index is 1200. The van der Waals surface area contributed by atoms with Gasteiger partial charge >= 0.3 is 5.69 Å². The average Bonchev–Trinajstić information content (AvgIpc) is 2.66. The fourth-order valence-electron chi connectivity index (χ4n) is 2.37. The number of rotatable bonds is 4. The topological polar surface area (TPSA) is 117 Å². The third kappa shape index (κ3) is 3.69. The number of carbonyl (C=O) groups excluding carboxylic acids is 1. The van der Waals surface area contributed by atoms with E-state index in [1.165, 1.54) is 30.3 Å². The fourth-order valence-corrected chi connectivity index (χ4v) is 2.59. The molecule has 0 bridgehead atoms. The molecular formula is C18H12ClFN4O4. The van der Waals surface area contributed by atoms with Crippen LogP contribution in [0.5, 0.6) is 5.88 Å². The van der Waals surface area contributed by atoms with Gasteiger partial charge in [-0.2, -0.15) is 5.10 Å². The highest BCUT2D eigenvalue weighted by atomic mass is 35.5. The zero-order valence-electron chi connectivity index (χ0n) is 14.0. The summed E-state index contributed by atoms with van der Waals surface area (Å²) < 4.78 is 14.6. The summed E-state index contributed by atoms with van der Waals surface area (Å²) in [4.78, 5) is 38.0. The van der Waals surface area contributed by atoms with Crippen LogP contribution in [0.4, 0.5) is 4.39 Å². The molecule has 142 valence electrons. The van der Waals surface area contributed by atoms with Gasteiger partial charge in [-0.3, -0.25) is 14.6 Å². The molecule has 0 saturated heterocycles. The number of aromatic hydroxyl groups is 1. The molecule has 0 fully saturated rings. The van der Waals surface area contributed by atoms with Crippen molar-refractivity contribution in [1.82, 2.24) is 15.0 Å². The van der Waals surface area contributed by atoms with Crippen molar-refractivity contribution in [3.8, 4) is 11.6 Å². The number of para-hydroxylation sites is 1. The Morgan fingerprint density at radius 3 is 2.57 bits per heavy atom. The van der Waals surface area contributed by atoms with Gasteiger partial charge < -0.3 is 5.11 Å². The quantitative estimate of drug-likeness (QED) is 0.455. The van der Waals surface area contributed by atoms with Crippen LogP contribution in [-0.2, 0) is 0 Å². The Hall–Kier alpha value is -3.72. The highest BCUT2D eigenvalue weighted by Gasteiger charge is 2.16. The minimum Gasteiger partial charge on any atom is -0.493 e. The van der Waals surface area contributed by atoms with Crippen molar-refractivity contribution < 1.29 is 14.3 Å². The van der Waals surface area contributed by atoms with Gasteiger partial charge in [-0.15, -0.1) is 0 Å². The first-order valence-corrected chi connectivity index (χ1v) is 8.19. The van der Waals surface area contributed by atoms with E-state index >= 15 is 0 Å². The summed E-state index contributed by atoms with van der Waals surface area (Å²) in [6.45, 7) is 0. The summed E-state index contributed by atoms with van der Waals surface area (Å²) in [5.41, 5.74) is -0.430. The number of nitrogens with zero attached hydrogens (tertiary/aromatic N) is 2. The van der Waals surface area contributed by atoms with Gasteiger partial charge in [0, 0.05) is 0 Å². The first-order chi connectivity index (χ1) is 13.4. The standard InChI is InChI=1S/C18H12ClFN4O4/c19-12-6-2-1-5-10(12)16(26)23-21-9-11-15(25)22-18(28)24(17(11)27)14-8-4-3-7-13(14)20/h1-9,27H,(H,23,26)(H,22,25,28)/b21-9+. The fraction of sp³-hybridized carbons (Fsp3) is 0. The zero-order valence-corrected chi connectivity index (χ0v) is 14.8. The smallest absolute Gasteiger partial charge is 0.335 e. The predicted octanol–water partition coefficient (Wildman–Crippen LogP) is 1.79. The number of H-pyrrole nitrogens is 1. The van der Waals surface area contributed by atoms with Crippen LogP contribution >= 0.6 is 11.6 Å². The molecule has 0 spiro atoms. The molecule has 8 nitrogen and oxygen atoms in total. The molecule has 2 aromatic carbocycles. The van der Waals surface area contributed by atoms with Crippen LogP contribution in [-0.4, -0.2) is 26.8 Å². The maximum absolute atomic E-state index is 14.0. The molecule has 1 heterocycles. The van der Waals surface area contributed by atoms with Crippen molar-refractivity contribution in [3.63, 3.8) is 0 Å². The van der Waals surface area contributed by atoms with Gasteiger partial charge in [0.1, 0.15) is 11.4 Å². The molecule has 0 aliphatic carbocycles. The lowest BCUT2D eigenvalue weighted by Gasteiger charge is -2.10. The maximum Gasteiger partial charge on any atom is 0.335 e. The van der Waals surface area contributed by atoms with Crippen LogP contribution in [0.25, 0.3) is 5.69 Å². The van der Waals surface area contributed by atoms with E-state index in [0.29, 0.717) is 4.57 Å². The van der Waals surface area contributed by atoms with Gasteiger partial charge in [0.25, 0.3) is 11.5 Å². The number of carbonyl (C=O) groups is 1. The molecule has 1 aromatic heterocycles.